The Morgan fingerprint density at radius 1 is 0.769 bits per heavy atom. The fourth-order valence-corrected chi connectivity index (χ4v) is 3.99. The van der Waals surface area contributed by atoms with Crippen molar-refractivity contribution in [3.8, 4) is 0 Å². The van der Waals surface area contributed by atoms with Gasteiger partial charge in [-0.3, -0.25) is 9.80 Å². The second kappa shape index (κ2) is 14.5. The largest absolute Gasteiger partial charge is 0.287 e. The normalized spacial score (nSPS) is 18.2. The van der Waals surface area contributed by atoms with Gasteiger partial charge in [-0.15, -0.1) is 12.4 Å². The van der Waals surface area contributed by atoms with E-state index in [0.29, 0.717) is 6.17 Å². The minimum Gasteiger partial charge on any atom is -0.287 e. The average molecular weight is 381 g/mol. The molecule has 1 aliphatic rings. The van der Waals surface area contributed by atoms with Gasteiger partial charge in [-0.25, -0.2) is 0 Å². The third-order valence-corrected chi connectivity index (χ3v) is 5.76. The molecular formula is C23H41ClN2. The quantitative estimate of drug-likeness (QED) is 0.360. The van der Waals surface area contributed by atoms with Gasteiger partial charge < -0.3 is 0 Å². The molecule has 0 bridgehead atoms. The van der Waals surface area contributed by atoms with E-state index < -0.39 is 0 Å². The number of benzene rings is 1. The molecule has 2 nitrogen and oxygen atoms in total. The van der Waals surface area contributed by atoms with Crippen LogP contribution in [0.1, 0.15) is 83.6 Å². The van der Waals surface area contributed by atoms with Gasteiger partial charge in [0, 0.05) is 19.6 Å². The summed E-state index contributed by atoms with van der Waals surface area (Å²) >= 11 is 0. The molecule has 1 aliphatic heterocycles. The van der Waals surface area contributed by atoms with Crippen LogP contribution in [0.2, 0.25) is 0 Å². The van der Waals surface area contributed by atoms with Crippen LogP contribution >= 0.6 is 12.4 Å². The molecule has 26 heavy (non-hydrogen) atoms. The Morgan fingerprint density at radius 3 is 1.92 bits per heavy atom. The Bertz CT molecular complexity index is 437. The summed E-state index contributed by atoms with van der Waals surface area (Å²) < 4.78 is 0. The first-order chi connectivity index (χ1) is 12.3. The lowest BCUT2D eigenvalue weighted by Gasteiger charge is -2.27. The van der Waals surface area contributed by atoms with Crippen molar-refractivity contribution < 1.29 is 0 Å². The van der Waals surface area contributed by atoms with Crippen molar-refractivity contribution in [1.82, 2.24) is 9.80 Å². The third-order valence-electron chi connectivity index (χ3n) is 5.76. The molecule has 0 N–H and O–H groups in total. The highest BCUT2D eigenvalue weighted by molar-refractivity contribution is 5.85. The summed E-state index contributed by atoms with van der Waals surface area (Å²) in [6.07, 6.45) is 14.9. The molecule has 1 aromatic carbocycles. The fraction of sp³-hybridized carbons (Fsp3) is 0.739. The van der Waals surface area contributed by atoms with Crippen LogP contribution in [-0.2, 0) is 6.54 Å². The second-order valence-electron chi connectivity index (χ2n) is 7.81. The van der Waals surface area contributed by atoms with Crippen LogP contribution in [0, 0.1) is 0 Å². The van der Waals surface area contributed by atoms with Crippen LogP contribution in [-0.4, -0.2) is 35.6 Å². The maximum Gasteiger partial charge on any atom is 0.0597 e. The van der Waals surface area contributed by atoms with Crippen molar-refractivity contribution >= 4 is 12.4 Å². The van der Waals surface area contributed by atoms with Crippen LogP contribution in [0.25, 0.3) is 0 Å². The monoisotopic (exact) mass is 380 g/mol. The molecule has 1 fully saturated rings. The molecule has 2 rings (SSSR count). The van der Waals surface area contributed by atoms with E-state index in [1.807, 2.05) is 0 Å². The van der Waals surface area contributed by atoms with Gasteiger partial charge in [0.1, 0.15) is 0 Å². The van der Waals surface area contributed by atoms with E-state index in [0.717, 1.165) is 6.54 Å². The standard InChI is InChI=1S/C23H40N2.ClH/c1-3-4-5-6-7-8-9-10-11-15-18-24-19-20-25(22(24)2)21-23-16-13-12-14-17-23;/h12-14,16-17,22H,3-11,15,18-21H2,1-2H3;1H. The summed E-state index contributed by atoms with van der Waals surface area (Å²) in [5.74, 6) is 0. The average Bonchev–Trinajstić information content (AvgIpc) is 2.97. The summed E-state index contributed by atoms with van der Waals surface area (Å²) in [6, 6.07) is 10.9. The maximum atomic E-state index is 2.67. The predicted molar refractivity (Wildman–Crippen MR) is 117 cm³/mol. The first-order valence-electron chi connectivity index (χ1n) is 10.8. The molecule has 0 amide bonds. The van der Waals surface area contributed by atoms with Gasteiger partial charge in [-0.05, 0) is 25.5 Å². The van der Waals surface area contributed by atoms with Crippen molar-refractivity contribution in [3.05, 3.63) is 35.9 Å². The van der Waals surface area contributed by atoms with E-state index in [9.17, 15) is 0 Å². The van der Waals surface area contributed by atoms with Crippen LogP contribution in [0.3, 0.4) is 0 Å². The van der Waals surface area contributed by atoms with Crippen molar-refractivity contribution in [1.29, 1.82) is 0 Å². The molecular weight excluding hydrogens is 340 g/mol. The van der Waals surface area contributed by atoms with Gasteiger partial charge in [-0.1, -0.05) is 95.0 Å². The first kappa shape index (κ1) is 23.5. The molecule has 150 valence electrons. The number of rotatable bonds is 13. The zero-order valence-corrected chi connectivity index (χ0v) is 18.0. The molecule has 0 saturated carbocycles. The minimum atomic E-state index is 0. The van der Waals surface area contributed by atoms with Crippen LogP contribution in [0.4, 0.5) is 0 Å². The van der Waals surface area contributed by atoms with E-state index in [1.165, 1.54) is 89.4 Å². The van der Waals surface area contributed by atoms with Crippen LogP contribution in [0.5, 0.6) is 0 Å². The van der Waals surface area contributed by atoms with Gasteiger partial charge in [0.15, 0.2) is 0 Å². The maximum absolute atomic E-state index is 2.67. The fourth-order valence-electron chi connectivity index (χ4n) is 3.99. The summed E-state index contributed by atoms with van der Waals surface area (Å²) in [7, 11) is 0. The minimum absolute atomic E-state index is 0. The third kappa shape index (κ3) is 8.88. The Kier molecular flexibility index (Phi) is 13.1. The molecule has 1 atom stereocenters. The van der Waals surface area contributed by atoms with Crippen molar-refractivity contribution in [2.45, 2.75) is 90.8 Å². The van der Waals surface area contributed by atoms with Crippen molar-refractivity contribution in [3.63, 3.8) is 0 Å². The smallest absolute Gasteiger partial charge is 0.0597 e. The molecule has 1 saturated heterocycles. The van der Waals surface area contributed by atoms with Gasteiger partial charge in [0.25, 0.3) is 0 Å². The molecule has 0 radical (unpaired) electrons. The topological polar surface area (TPSA) is 6.48 Å². The number of hydrogen-bond acceptors (Lipinski definition) is 2. The highest BCUT2D eigenvalue weighted by atomic mass is 35.5. The molecule has 3 heteroatoms. The highest BCUT2D eigenvalue weighted by Gasteiger charge is 2.27. The van der Waals surface area contributed by atoms with Crippen LogP contribution < -0.4 is 0 Å². The van der Waals surface area contributed by atoms with E-state index in [2.05, 4.69) is 54.0 Å². The van der Waals surface area contributed by atoms with Gasteiger partial charge in [0.05, 0.1) is 6.17 Å². The molecule has 0 aliphatic carbocycles. The van der Waals surface area contributed by atoms with E-state index >= 15 is 0 Å². The Labute approximate surface area is 168 Å². The van der Waals surface area contributed by atoms with Gasteiger partial charge >= 0.3 is 0 Å². The van der Waals surface area contributed by atoms with E-state index in [-0.39, 0.29) is 12.4 Å². The predicted octanol–water partition coefficient (Wildman–Crippen LogP) is 6.49. The van der Waals surface area contributed by atoms with Gasteiger partial charge in [0.2, 0.25) is 0 Å². The van der Waals surface area contributed by atoms with Crippen molar-refractivity contribution in [2.24, 2.45) is 0 Å². The number of halogens is 1. The molecule has 1 unspecified atom stereocenters. The molecule has 1 aromatic rings. The Morgan fingerprint density at radius 2 is 1.31 bits per heavy atom. The number of unbranched alkanes of at least 4 members (excludes halogenated alkanes) is 9. The lowest BCUT2D eigenvalue weighted by atomic mass is 10.1. The molecule has 1 heterocycles. The molecule has 0 spiro atoms. The SMILES string of the molecule is CCCCCCCCCCCCN1CCN(Cc2ccccc2)C1C.Cl. The molecule has 0 aromatic heterocycles. The first-order valence-corrected chi connectivity index (χ1v) is 10.8. The summed E-state index contributed by atoms with van der Waals surface area (Å²) in [6.45, 7) is 9.51. The van der Waals surface area contributed by atoms with E-state index in [1.54, 1.807) is 0 Å². The van der Waals surface area contributed by atoms with Crippen LogP contribution in [0.15, 0.2) is 30.3 Å². The second-order valence-corrected chi connectivity index (χ2v) is 7.81. The summed E-state index contributed by atoms with van der Waals surface area (Å²) in [5.41, 5.74) is 1.44. The zero-order chi connectivity index (χ0) is 17.7. The number of nitrogens with zero attached hydrogens (tertiary/aromatic N) is 2. The van der Waals surface area contributed by atoms with Crippen molar-refractivity contribution in [2.75, 3.05) is 19.6 Å². The van der Waals surface area contributed by atoms with E-state index in [4.69, 9.17) is 0 Å². The highest BCUT2D eigenvalue weighted by Crippen LogP contribution is 2.18. The Hall–Kier alpha value is -0.570. The summed E-state index contributed by atoms with van der Waals surface area (Å²) in [4.78, 5) is 5.29. The zero-order valence-electron chi connectivity index (χ0n) is 17.2. The summed E-state index contributed by atoms with van der Waals surface area (Å²) in [5, 5.41) is 0. The number of hydrogen-bond donors (Lipinski definition) is 0. The lowest BCUT2D eigenvalue weighted by molar-refractivity contribution is 0.145. The lowest BCUT2D eigenvalue weighted by Crippen LogP contribution is -2.36. The van der Waals surface area contributed by atoms with Gasteiger partial charge in [-0.2, -0.15) is 0 Å². The Balaban J connectivity index is 0.00000338.